The first kappa shape index (κ1) is 18.0. The number of benzene rings is 1. The van der Waals surface area contributed by atoms with Gasteiger partial charge in [-0.05, 0) is 25.0 Å². The molecule has 0 N–H and O–H groups in total. The van der Waals surface area contributed by atoms with Gasteiger partial charge in [0.05, 0.1) is 20.8 Å². The monoisotopic (exact) mass is 330 g/mol. The summed E-state index contributed by atoms with van der Waals surface area (Å²) >= 11 is 0. The third-order valence-electron chi connectivity index (χ3n) is 4.02. The van der Waals surface area contributed by atoms with Crippen LogP contribution in [0.2, 0.25) is 0 Å². The summed E-state index contributed by atoms with van der Waals surface area (Å²) in [5, 5.41) is 4.67. The van der Waals surface area contributed by atoms with Crippen LogP contribution < -0.4 is 4.74 Å². The van der Waals surface area contributed by atoms with Crippen molar-refractivity contribution in [2.24, 2.45) is 0 Å². The van der Waals surface area contributed by atoms with Crippen LogP contribution in [0.25, 0.3) is 0 Å². The molecule has 2 rings (SSSR count). The Kier molecular flexibility index (Phi) is 5.02. The first-order chi connectivity index (χ1) is 11.2. The summed E-state index contributed by atoms with van der Waals surface area (Å²) in [6.07, 6.45) is 0. The fourth-order valence-corrected chi connectivity index (χ4v) is 2.72. The van der Waals surface area contributed by atoms with Crippen LogP contribution in [-0.4, -0.2) is 30.0 Å². The van der Waals surface area contributed by atoms with Gasteiger partial charge < -0.3 is 9.47 Å². The van der Waals surface area contributed by atoms with Gasteiger partial charge in [0.25, 0.3) is 0 Å². The summed E-state index contributed by atoms with van der Waals surface area (Å²) in [5.41, 5.74) is 4.33. The van der Waals surface area contributed by atoms with E-state index in [1.165, 1.54) is 12.7 Å². The highest BCUT2D eigenvalue weighted by Gasteiger charge is 2.31. The Morgan fingerprint density at radius 3 is 2.38 bits per heavy atom. The number of methoxy groups -OCH3 is 2. The smallest absolute Gasteiger partial charge is 0.360 e. The van der Waals surface area contributed by atoms with Gasteiger partial charge in [0.1, 0.15) is 5.69 Å². The molecule has 0 radical (unpaired) electrons. The highest BCUT2D eigenvalue weighted by atomic mass is 16.5. The van der Waals surface area contributed by atoms with Crippen molar-refractivity contribution in [1.29, 1.82) is 0 Å². The number of hydrogen-bond donors (Lipinski definition) is 0. The standard InChI is InChI=1S/C19H26N2O3/c1-12-8-9-14(13(2)10-12)11-21-15(18(22)24-7)16(23-6)17(20-21)19(3,4)5/h8-10H,11H2,1-7H3. The van der Waals surface area contributed by atoms with Crippen molar-refractivity contribution >= 4 is 5.97 Å². The van der Waals surface area contributed by atoms with Gasteiger partial charge >= 0.3 is 5.97 Å². The minimum Gasteiger partial charge on any atom is -0.492 e. The molecule has 0 aliphatic rings. The Hall–Kier alpha value is -2.30. The van der Waals surface area contributed by atoms with Crippen LogP contribution in [0.15, 0.2) is 18.2 Å². The Morgan fingerprint density at radius 2 is 1.88 bits per heavy atom. The molecule has 5 heteroatoms. The quantitative estimate of drug-likeness (QED) is 0.803. The largest absolute Gasteiger partial charge is 0.492 e. The lowest BCUT2D eigenvalue weighted by Crippen LogP contribution is -2.15. The van der Waals surface area contributed by atoms with E-state index in [4.69, 9.17) is 9.47 Å². The van der Waals surface area contributed by atoms with Crippen LogP contribution >= 0.6 is 0 Å². The average Bonchev–Trinajstić information content (AvgIpc) is 2.87. The van der Waals surface area contributed by atoms with Gasteiger partial charge in [-0.3, -0.25) is 4.68 Å². The third kappa shape index (κ3) is 3.45. The molecule has 130 valence electrons. The van der Waals surface area contributed by atoms with E-state index < -0.39 is 5.97 Å². The summed E-state index contributed by atoms with van der Waals surface area (Å²) in [5.74, 6) is 0.0405. The second kappa shape index (κ2) is 6.67. The number of aryl methyl sites for hydroxylation is 2. The lowest BCUT2D eigenvalue weighted by molar-refractivity contribution is 0.0583. The molecule has 0 saturated heterocycles. The van der Waals surface area contributed by atoms with Crippen LogP contribution in [0.4, 0.5) is 0 Å². The van der Waals surface area contributed by atoms with E-state index in [0.29, 0.717) is 18.0 Å². The summed E-state index contributed by atoms with van der Waals surface area (Å²) in [7, 11) is 2.92. The van der Waals surface area contributed by atoms with Crippen LogP contribution in [0.5, 0.6) is 5.75 Å². The van der Waals surface area contributed by atoms with Gasteiger partial charge in [-0.15, -0.1) is 0 Å². The second-order valence-corrected chi connectivity index (χ2v) is 7.06. The molecule has 0 unspecified atom stereocenters. The van der Waals surface area contributed by atoms with Crippen molar-refractivity contribution in [3.05, 3.63) is 46.3 Å². The lowest BCUT2D eigenvalue weighted by atomic mass is 9.91. The van der Waals surface area contributed by atoms with Crippen molar-refractivity contribution in [2.75, 3.05) is 14.2 Å². The summed E-state index contributed by atoms with van der Waals surface area (Å²) in [6.45, 7) is 10.7. The molecule has 1 aromatic heterocycles. The lowest BCUT2D eigenvalue weighted by Gasteiger charge is -2.16. The number of aromatic nitrogens is 2. The zero-order valence-electron chi connectivity index (χ0n) is 15.6. The molecular formula is C19H26N2O3. The SMILES string of the molecule is COC(=O)c1c(OC)c(C(C)(C)C)nn1Cc1ccc(C)cc1C. The predicted octanol–water partition coefficient (Wildman–Crippen LogP) is 3.64. The maximum absolute atomic E-state index is 12.3. The van der Waals surface area contributed by atoms with E-state index in [1.807, 2.05) is 20.8 Å². The van der Waals surface area contributed by atoms with E-state index in [2.05, 4.69) is 37.1 Å². The number of carbonyl (C=O) groups excluding carboxylic acids is 1. The van der Waals surface area contributed by atoms with Crippen molar-refractivity contribution in [3.63, 3.8) is 0 Å². The fraction of sp³-hybridized carbons (Fsp3) is 0.474. The van der Waals surface area contributed by atoms with Crippen LogP contribution in [0, 0.1) is 13.8 Å². The molecule has 24 heavy (non-hydrogen) atoms. The first-order valence-electron chi connectivity index (χ1n) is 7.98. The van der Waals surface area contributed by atoms with E-state index in [1.54, 1.807) is 11.8 Å². The van der Waals surface area contributed by atoms with E-state index in [0.717, 1.165) is 16.8 Å². The summed E-state index contributed by atoms with van der Waals surface area (Å²) in [6, 6.07) is 6.25. The Morgan fingerprint density at radius 1 is 1.21 bits per heavy atom. The number of rotatable bonds is 4. The number of esters is 1. The maximum Gasteiger partial charge on any atom is 0.360 e. The molecule has 0 bridgehead atoms. The van der Waals surface area contributed by atoms with Gasteiger partial charge in [0.15, 0.2) is 11.4 Å². The van der Waals surface area contributed by atoms with Gasteiger partial charge in [-0.1, -0.05) is 44.5 Å². The Bertz CT molecular complexity index is 755. The molecule has 0 aliphatic carbocycles. The van der Waals surface area contributed by atoms with Crippen molar-refractivity contribution in [3.8, 4) is 5.75 Å². The van der Waals surface area contributed by atoms with Gasteiger partial charge in [-0.25, -0.2) is 4.79 Å². The molecule has 0 fully saturated rings. The molecule has 0 spiro atoms. The number of ether oxygens (including phenoxy) is 2. The number of hydrogen-bond acceptors (Lipinski definition) is 4. The van der Waals surface area contributed by atoms with Gasteiger partial charge in [0, 0.05) is 5.41 Å². The summed E-state index contributed by atoms with van der Waals surface area (Å²) in [4.78, 5) is 12.3. The second-order valence-electron chi connectivity index (χ2n) is 7.06. The van der Waals surface area contributed by atoms with Crippen molar-refractivity contribution < 1.29 is 14.3 Å². The van der Waals surface area contributed by atoms with Crippen LogP contribution in [0.3, 0.4) is 0 Å². The predicted molar refractivity (Wildman–Crippen MR) is 93.8 cm³/mol. The molecule has 0 aliphatic heterocycles. The van der Waals surface area contributed by atoms with E-state index in [9.17, 15) is 4.79 Å². The minimum atomic E-state index is -0.445. The normalized spacial score (nSPS) is 11.5. The van der Waals surface area contributed by atoms with Gasteiger partial charge in [0.2, 0.25) is 0 Å². The molecule has 2 aromatic rings. The average molecular weight is 330 g/mol. The zero-order chi connectivity index (χ0) is 18.1. The van der Waals surface area contributed by atoms with Crippen molar-refractivity contribution in [1.82, 2.24) is 9.78 Å². The highest BCUT2D eigenvalue weighted by Crippen LogP contribution is 2.34. The molecule has 0 saturated carbocycles. The number of nitrogens with zero attached hydrogens (tertiary/aromatic N) is 2. The molecule has 0 amide bonds. The van der Waals surface area contributed by atoms with E-state index >= 15 is 0 Å². The third-order valence-corrected chi connectivity index (χ3v) is 4.02. The Labute approximate surface area is 143 Å². The van der Waals surface area contributed by atoms with Crippen molar-refractivity contribution in [2.45, 2.75) is 46.6 Å². The first-order valence-corrected chi connectivity index (χ1v) is 7.98. The summed E-state index contributed by atoms with van der Waals surface area (Å²) < 4.78 is 12.1. The molecule has 1 aromatic carbocycles. The molecule has 1 heterocycles. The zero-order valence-corrected chi connectivity index (χ0v) is 15.6. The fourth-order valence-electron chi connectivity index (χ4n) is 2.72. The molecule has 5 nitrogen and oxygen atoms in total. The topological polar surface area (TPSA) is 53.4 Å². The Balaban J connectivity index is 2.59. The van der Waals surface area contributed by atoms with Crippen LogP contribution in [-0.2, 0) is 16.7 Å². The number of carbonyl (C=O) groups is 1. The van der Waals surface area contributed by atoms with E-state index in [-0.39, 0.29) is 5.41 Å². The maximum atomic E-state index is 12.3. The van der Waals surface area contributed by atoms with Gasteiger partial charge in [-0.2, -0.15) is 5.10 Å². The molecular weight excluding hydrogens is 304 g/mol. The molecule has 0 atom stereocenters. The van der Waals surface area contributed by atoms with Crippen LogP contribution in [0.1, 0.15) is 53.6 Å². The minimum absolute atomic E-state index is 0.248. The highest BCUT2D eigenvalue weighted by molar-refractivity contribution is 5.91.